The fourth-order valence-electron chi connectivity index (χ4n) is 2.76. The Morgan fingerprint density at radius 1 is 1.33 bits per heavy atom. The molecule has 2 heterocycles. The zero-order valence-electron chi connectivity index (χ0n) is 12.8. The molecule has 0 saturated heterocycles. The van der Waals surface area contributed by atoms with Crippen molar-refractivity contribution < 1.29 is 4.79 Å². The van der Waals surface area contributed by atoms with Gasteiger partial charge in [-0.25, -0.2) is 4.98 Å². The van der Waals surface area contributed by atoms with E-state index in [1.54, 1.807) is 17.4 Å². The van der Waals surface area contributed by atoms with Crippen LogP contribution in [0, 0.1) is 0 Å². The van der Waals surface area contributed by atoms with Crippen molar-refractivity contribution in [1.29, 1.82) is 0 Å². The summed E-state index contributed by atoms with van der Waals surface area (Å²) in [5, 5.41) is 3.03. The van der Waals surface area contributed by atoms with Gasteiger partial charge in [-0.2, -0.15) is 0 Å². The first kappa shape index (κ1) is 15.9. The van der Waals surface area contributed by atoms with Gasteiger partial charge in [-0.15, -0.1) is 11.3 Å². The smallest absolute Gasteiger partial charge is 0.229 e. The number of hydrogen-bond acceptors (Lipinski definition) is 3. The molecular formula is C17H15Cl2N3OS. The predicted octanol–water partition coefficient (Wildman–Crippen LogP) is 4.44. The summed E-state index contributed by atoms with van der Waals surface area (Å²) in [6.45, 7) is 0.558. The zero-order chi connectivity index (χ0) is 16.7. The van der Waals surface area contributed by atoms with Crippen LogP contribution < -0.4 is 0 Å². The van der Waals surface area contributed by atoms with Gasteiger partial charge in [0.1, 0.15) is 0 Å². The number of fused-ring (bicyclic) bond motifs is 1. The molecule has 1 aliphatic rings. The summed E-state index contributed by atoms with van der Waals surface area (Å²) < 4.78 is 1.95. The lowest BCUT2D eigenvalue weighted by atomic mass is 10.2. The molecule has 0 unspecified atom stereocenters. The van der Waals surface area contributed by atoms with E-state index in [0.29, 0.717) is 29.1 Å². The number of aromatic nitrogens is 2. The quantitative estimate of drug-likeness (QED) is 0.657. The lowest BCUT2D eigenvalue weighted by Gasteiger charge is -2.22. The Bertz CT molecular complexity index is 872. The number of hydrogen-bond donors (Lipinski definition) is 0. The number of imidazole rings is 1. The molecular weight excluding hydrogens is 365 g/mol. The maximum absolute atomic E-state index is 12.8. The van der Waals surface area contributed by atoms with Crippen molar-refractivity contribution in [3.63, 3.8) is 0 Å². The maximum Gasteiger partial charge on any atom is 0.229 e. The van der Waals surface area contributed by atoms with Crippen molar-refractivity contribution in [3.05, 3.63) is 57.3 Å². The maximum atomic E-state index is 12.8. The third kappa shape index (κ3) is 3.29. The first-order valence-electron chi connectivity index (χ1n) is 7.74. The topological polar surface area (TPSA) is 37.6 Å². The molecule has 1 fully saturated rings. The fraction of sp³-hybridized carbons (Fsp3) is 0.294. The van der Waals surface area contributed by atoms with Gasteiger partial charge < -0.3 is 4.90 Å². The van der Waals surface area contributed by atoms with Crippen LogP contribution in [0.2, 0.25) is 10.0 Å². The molecule has 0 radical (unpaired) electrons. The van der Waals surface area contributed by atoms with Crippen LogP contribution >= 0.6 is 34.5 Å². The molecule has 7 heteroatoms. The summed E-state index contributed by atoms with van der Waals surface area (Å²) in [4.78, 5) is 20.1. The van der Waals surface area contributed by atoms with Crippen LogP contribution in [0.15, 0.2) is 36.0 Å². The summed E-state index contributed by atoms with van der Waals surface area (Å²) in [5.74, 6) is 0.106. The van der Waals surface area contributed by atoms with E-state index in [4.69, 9.17) is 23.2 Å². The van der Waals surface area contributed by atoms with Crippen molar-refractivity contribution in [1.82, 2.24) is 14.3 Å². The zero-order valence-corrected chi connectivity index (χ0v) is 15.1. The lowest BCUT2D eigenvalue weighted by Crippen LogP contribution is -2.33. The molecule has 0 spiro atoms. The van der Waals surface area contributed by atoms with Crippen LogP contribution in [0.4, 0.5) is 0 Å². The van der Waals surface area contributed by atoms with Crippen LogP contribution in [0.3, 0.4) is 0 Å². The molecule has 4 nitrogen and oxygen atoms in total. The van der Waals surface area contributed by atoms with E-state index < -0.39 is 0 Å². The second-order valence-electron chi connectivity index (χ2n) is 6.00. The number of halogens is 2. The number of carbonyl (C=O) groups is 1. The number of nitrogens with zero attached hydrogens (tertiary/aromatic N) is 3. The molecule has 1 amide bonds. The highest BCUT2D eigenvalue weighted by atomic mass is 35.5. The van der Waals surface area contributed by atoms with Gasteiger partial charge in [0.25, 0.3) is 0 Å². The normalized spacial score (nSPS) is 14.2. The Morgan fingerprint density at radius 3 is 2.88 bits per heavy atom. The van der Waals surface area contributed by atoms with Crippen molar-refractivity contribution in [3.8, 4) is 0 Å². The minimum atomic E-state index is 0.106. The Labute approximate surface area is 153 Å². The summed E-state index contributed by atoms with van der Waals surface area (Å²) in [7, 11) is 0. The average molecular weight is 380 g/mol. The number of amides is 1. The summed E-state index contributed by atoms with van der Waals surface area (Å²) in [5.41, 5.74) is 1.81. The minimum Gasteiger partial charge on any atom is -0.335 e. The molecule has 1 aromatic carbocycles. The third-order valence-electron chi connectivity index (χ3n) is 4.12. The molecule has 0 atom stereocenters. The molecule has 124 valence electrons. The largest absolute Gasteiger partial charge is 0.335 e. The number of carbonyl (C=O) groups excluding carboxylic acids is 1. The second kappa shape index (κ2) is 6.39. The Kier molecular flexibility index (Phi) is 4.24. The number of thiazole rings is 1. The van der Waals surface area contributed by atoms with E-state index in [0.717, 1.165) is 29.1 Å². The van der Waals surface area contributed by atoms with Crippen LogP contribution in [-0.2, 0) is 17.8 Å². The predicted molar refractivity (Wildman–Crippen MR) is 96.8 cm³/mol. The van der Waals surface area contributed by atoms with E-state index >= 15 is 0 Å². The van der Waals surface area contributed by atoms with Crippen LogP contribution in [0.25, 0.3) is 4.96 Å². The van der Waals surface area contributed by atoms with Gasteiger partial charge in [-0.1, -0.05) is 29.3 Å². The first-order chi connectivity index (χ1) is 11.6. The van der Waals surface area contributed by atoms with Crippen molar-refractivity contribution in [2.45, 2.75) is 31.8 Å². The highest BCUT2D eigenvalue weighted by Gasteiger charge is 2.32. The van der Waals surface area contributed by atoms with Crippen LogP contribution in [0.5, 0.6) is 0 Å². The number of benzene rings is 1. The average Bonchev–Trinajstić information content (AvgIpc) is 3.18. The molecule has 0 aliphatic heterocycles. The molecule has 0 bridgehead atoms. The van der Waals surface area contributed by atoms with Gasteiger partial charge >= 0.3 is 0 Å². The Hall–Kier alpha value is -1.56. The van der Waals surface area contributed by atoms with Gasteiger partial charge in [0, 0.05) is 30.4 Å². The molecule has 4 rings (SSSR count). The molecule has 2 aromatic heterocycles. The Balaban J connectivity index is 1.50. The monoisotopic (exact) mass is 379 g/mol. The van der Waals surface area contributed by atoms with E-state index in [-0.39, 0.29) is 5.91 Å². The first-order valence-corrected chi connectivity index (χ1v) is 9.38. The molecule has 1 saturated carbocycles. The van der Waals surface area contributed by atoms with Crippen molar-refractivity contribution in [2.75, 3.05) is 0 Å². The van der Waals surface area contributed by atoms with Crippen LogP contribution in [0.1, 0.15) is 24.1 Å². The highest BCUT2D eigenvalue weighted by molar-refractivity contribution is 7.15. The van der Waals surface area contributed by atoms with Crippen LogP contribution in [-0.4, -0.2) is 26.2 Å². The molecule has 3 aromatic rings. The third-order valence-corrected chi connectivity index (χ3v) is 5.63. The second-order valence-corrected chi connectivity index (χ2v) is 7.69. The summed E-state index contributed by atoms with van der Waals surface area (Å²) in [6.07, 6.45) is 6.33. The highest BCUT2D eigenvalue weighted by Crippen LogP contribution is 2.30. The van der Waals surface area contributed by atoms with E-state index in [2.05, 4.69) is 4.98 Å². The van der Waals surface area contributed by atoms with Gasteiger partial charge in [0.15, 0.2) is 4.96 Å². The molecule has 24 heavy (non-hydrogen) atoms. The van der Waals surface area contributed by atoms with Crippen molar-refractivity contribution in [2.24, 2.45) is 0 Å². The van der Waals surface area contributed by atoms with Gasteiger partial charge in [0.05, 0.1) is 22.2 Å². The van der Waals surface area contributed by atoms with Gasteiger partial charge in [-0.3, -0.25) is 9.20 Å². The van der Waals surface area contributed by atoms with E-state index in [1.807, 2.05) is 39.2 Å². The lowest BCUT2D eigenvalue weighted by molar-refractivity contribution is -0.131. The Morgan fingerprint density at radius 2 is 2.17 bits per heavy atom. The van der Waals surface area contributed by atoms with Gasteiger partial charge in [-0.05, 0) is 30.5 Å². The van der Waals surface area contributed by atoms with E-state index in [1.165, 1.54) is 0 Å². The molecule has 0 N–H and O–H groups in total. The minimum absolute atomic E-state index is 0.106. The summed E-state index contributed by atoms with van der Waals surface area (Å²) in [6, 6.07) is 5.86. The fourth-order valence-corrected chi connectivity index (χ4v) is 3.80. The SMILES string of the molecule is O=C(Cc1cn2ccsc2n1)N(Cc1ccc(Cl)c(Cl)c1)C1CC1. The van der Waals surface area contributed by atoms with Crippen molar-refractivity contribution >= 4 is 45.4 Å². The molecule has 1 aliphatic carbocycles. The number of rotatable bonds is 5. The van der Waals surface area contributed by atoms with Gasteiger partial charge in [0.2, 0.25) is 5.91 Å². The summed E-state index contributed by atoms with van der Waals surface area (Å²) >= 11 is 13.6. The standard InChI is InChI=1S/C17H15Cl2N3OS/c18-14-4-1-11(7-15(14)19)9-22(13-2-3-13)16(23)8-12-10-21-5-6-24-17(21)20-12/h1,4-7,10,13H,2-3,8-9H2. The van der Waals surface area contributed by atoms with E-state index in [9.17, 15) is 4.79 Å².